The summed E-state index contributed by atoms with van der Waals surface area (Å²) in [6, 6.07) is -0.00931. The monoisotopic (exact) mass is 185 g/mol. The number of hydrogen-bond donors (Lipinski definition) is 1. The number of carbonyl (C=O) groups is 1. The van der Waals surface area contributed by atoms with Gasteiger partial charge in [0.25, 0.3) is 0 Å². The lowest BCUT2D eigenvalue weighted by Gasteiger charge is -2.21. The molecule has 0 aromatic heterocycles. The Kier molecular flexibility index (Phi) is 3.09. The summed E-state index contributed by atoms with van der Waals surface area (Å²) in [5.41, 5.74) is -0.250. The van der Waals surface area contributed by atoms with Crippen molar-refractivity contribution in [3.63, 3.8) is 0 Å². The molecule has 13 heavy (non-hydrogen) atoms. The molecule has 0 bridgehead atoms. The molecule has 1 aliphatic heterocycles. The first kappa shape index (κ1) is 10.7. The average molecular weight is 185 g/mol. The van der Waals surface area contributed by atoms with Crippen LogP contribution in [0.4, 0.5) is 0 Å². The minimum Gasteiger partial charge on any atom is -0.380 e. The minimum absolute atomic E-state index is 0.00931. The fourth-order valence-corrected chi connectivity index (χ4v) is 1.61. The van der Waals surface area contributed by atoms with Gasteiger partial charge in [-0.3, -0.25) is 4.79 Å². The largest absolute Gasteiger partial charge is 0.380 e. The van der Waals surface area contributed by atoms with Crippen molar-refractivity contribution in [3.8, 4) is 0 Å². The second-order valence-corrected chi connectivity index (χ2v) is 4.67. The molecule has 3 heteroatoms. The number of carbonyl (C=O) groups excluding carboxylic acids is 1. The number of methoxy groups -OCH3 is 1. The Labute approximate surface area is 79.8 Å². The van der Waals surface area contributed by atoms with Crippen molar-refractivity contribution in [2.45, 2.75) is 39.3 Å². The van der Waals surface area contributed by atoms with Crippen LogP contribution >= 0.6 is 0 Å². The highest BCUT2D eigenvalue weighted by atomic mass is 16.5. The van der Waals surface area contributed by atoms with Crippen molar-refractivity contribution in [1.29, 1.82) is 0 Å². The highest BCUT2D eigenvalue weighted by Crippen LogP contribution is 2.21. The molecular weight excluding hydrogens is 166 g/mol. The first-order chi connectivity index (χ1) is 5.95. The molecular formula is C10H19NO2. The van der Waals surface area contributed by atoms with E-state index in [9.17, 15) is 4.79 Å². The van der Waals surface area contributed by atoms with Crippen LogP contribution in [0.25, 0.3) is 0 Å². The molecule has 2 unspecified atom stereocenters. The third-order valence-electron chi connectivity index (χ3n) is 2.48. The minimum atomic E-state index is -0.250. The number of rotatable bonds is 2. The van der Waals surface area contributed by atoms with E-state index in [1.54, 1.807) is 7.11 Å². The highest BCUT2D eigenvalue weighted by Gasteiger charge is 2.35. The number of Topliss-reactive ketones (excluding diaryl/α,β-unsaturated/α-hetero) is 1. The van der Waals surface area contributed by atoms with Gasteiger partial charge in [-0.05, 0) is 6.42 Å². The summed E-state index contributed by atoms with van der Waals surface area (Å²) in [5, 5.41) is 3.19. The Balaban J connectivity index is 2.52. The standard InChI is InChI=1S/C10H19NO2/c1-10(2,3)9(12)8-5-7(13-4)6-11-8/h7-8,11H,5-6H2,1-4H3. The van der Waals surface area contributed by atoms with E-state index in [1.165, 1.54) is 0 Å². The van der Waals surface area contributed by atoms with Gasteiger partial charge in [0.05, 0.1) is 12.1 Å². The SMILES string of the molecule is COC1CNC(C(=O)C(C)(C)C)C1. The Morgan fingerprint density at radius 3 is 2.46 bits per heavy atom. The van der Waals surface area contributed by atoms with E-state index in [4.69, 9.17) is 4.74 Å². The summed E-state index contributed by atoms with van der Waals surface area (Å²) in [6.45, 7) is 6.66. The van der Waals surface area contributed by atoms with Crippen molar-refractivity contribution in [2.75, 3.05) is 13.7 Å². The van der Waals surface area contributed by atoms with Crippen molar-refractivity contribution in [2.24, 2.45) is 5.41 Å². The summed E-state index contributed by atoms with van der Waals surface area (Å²) >= 11 is 0. The third kappa shape index (κ3) is 2.51. The summed E-state index contributed by atoms with van der Waals surface area (Å²) < 4.78 is 5.19. The Morgan fingerprint density at radius 1 is 1.46 bits per heavy atom. The molecule has 1 saturated heterocycles. The third-order valence-corrected chi connectivity index (χ3v) is 2.48. The van der Waals surface area contributed by atoms with Gasteiger partial charge in [0.1, 0.15) is 0 Å². The lowest BCUT2D eigenvalue weighted by Crippen LogP contribution is -2.38. The molecule has 76 valence electrons. The summed E-state index contributed by atoms with van der Waals surface area (Å²) in [6.07, 6.45) is 1.02. The Morgan fingerprint density at radius 2 is 2.08 bits per heavy atom. The zero-order valence-corrected chi connectivity index (χ0v) is 8.89. The molecule has 0 radical (unpaired) electrons. The van der Waals surface area contributed by atoms with Crippen LogP contribution in [-0.2, 0) is 9.53 Å². The van der Waals surface area contributed by atoms with Gasteiger partial charge >= 0.3 is 0 Å². The van der Waals surface area contributed by atoms with Crippen LogP contribution in [0.15, 0.2) is 0 Å². The number of ether oxygens (including phenoxy) is 1. The smallest absolute Gasteiger partial charge is 0.155 e. The van der Waals surface area contributed by atoms with Crippen LogP contribution in [-0.4, -0.2) is 31.6 Å². The number of hydrogen-bond acceptors (Lipinski definition) is 3. The highest BCUT2D eigenvalue weighted by molar-refractivity contribution is 5.89. The van der Waals surface area contributed by atoms with Crippen LogP contribution < -0.4 is 5.32 Å². The summed E-state index contributed by atoms with van der Waals surface area (Å²) in [5.74, 6) is 0.284. The van der Waals surface area contributed by atoms with Crippen molar-refractivity contribution in [1.82, 2.24) is 5.32 Å². The average Bonchev–Trinajstić information content (AvgIpc) is 2.48. The number of nitrogens with one attached hydrogen (secondary N) is 1. The van der Waals surface area contributed by atoms with Gasteiger partial charge in [-0.1, -0.05) is 20.8 Å². The van der Waals surface area contributed by atoms with Crippen LogP contribution in [0.1, 0.15) is 27.2 Å². The van der Waals surface area contributed by atoms with Crippen LogP contribution in [0.2, 0.25) is 0 Å². The summed E-state index contributed by atoms with van der Waals surface area (Å²) in [7, 11) is 1.69. The lowest BCUT2D eigenvalue weighted by molar-refractivity contribution is -0.128. The first-order valence-electron chi connectivity index (χ1n) is 4.75. The van der Waals surface area contributed by atoms with Gasteiger partial charge in [0.2, 0.25) is 0 Å². The lowest BCUT2D eigenvalue weighted by atomic mass is 9.86. The van der Waals surface area contributed by atoms with E-state index >= 15 is 0 Å². The maximum atomic E-state index is 11.8. The predicted molar refractivity (Wildman–Crippen MR) is 51.7 cm³/mol. The van der Waals surface area contributed by atoms with Gasteiger partial charge in [0, 0.05) is 19.1 Å². The maximum Gasteiger partial charge on any atom is 0.155 e. The molecule has 0 aliphatic carbocycles. The number of ketones is 1. The molecule has 1 fully saturated rings. The Hall–Kier alpha value is -0.410. The van der Waals surface area contributed by atoms with Crippen LogP contribution in [0.3, 0.4) is 0 Å². The zero-order valence-electron chi connectivity index (χ0n) is 8.89. The molecule has 0 amide bonds. The normalized spacial score (nSPS) is 29.2. The van der Waals surface area contributed by atoms with Crippen molar-refractivity contribution in [3.05, 3.63) is 0 Å². The molecule has 0 aromatic carbocycles. The maximum absolute atomic E-state index is 11.8. The molecule has 2 atom stereocenters. The quantitative estimate of drug-likeness (QED) is 0.697. The van der Waals surface area contributed by atoms with E-state index < -0.39 is 0 Å². The van der Waals surface area contributed by atoms with Gasteiger partial charge in [0.15, 0.2) is 5.78 Å². The fraction of sp³-hybridized carbons (Fsp3) is 0.900. The van der Waals surface area contributed by atoms with Gasteiger partial charge in [-0.2, -0.15) is 0 Å². The molecule has 3 nitrogen and oxygen atoms in total. The molecule has 1 heterocycles. The molecule has 0 aromatic rings. The predicted octanol–water partition coefficient (Wildman–Crippen LogP) is 0.978. The zero-order chi connectivity index (χ0) is 10.1. The van der Waals surface area contributed by atoms with Gasteiger partial charge in [-0.15, -0.1) is 0 Å². The van der Waals surface area contributed by atoms with E-state index in [-0.39, 0.29) is 23.3 Å². The second kappa shape index (κ2) is 3.76. The van der Waals surface area contributed by atoms with Crippen molar-refractivity contribution < 1.29 is 9.53 Å². The first-order valence-corrected chi connectivity index (χ1v) is 4.75. The van der Waals surface area contributed by atoms with Gasteiger partial charge < -0.3 is 10.1 Å². The molecule has 1 N–H and O–H groups in total. The molecule has 1 rings (SSSR count). The molecule has 0 spiro atoms. The molecule has 1 aliphatic rings. The fourth-order valence-electron chi connectivity index (χ4n) is 1.61. The second-order valence-electron chi connectivity index (χ2n) is 4.67. The van der Waals surface area contributed by atoms with Crippen LogP contribution in [0.5, 0.6) is 0 Å². The van der Waals surface area contributed by atoms with Gasteiger partial charge in [-0.25, -0.2) is 0 Å². The topological polar surface area (TPSA) is 38.3 Å². The van der Waals surface area contributed by atoms with E-state index in [1.807, 2.05) is 20.8 Å². The van der Waals surface area contributed by atoms with E-state index in [0.29, 0.717) is 0 Å². The summed E-state index contributed by atoms with van der Waals surface area (Å²) in [4.78, 5) is 11.8. The Bertz CT molecular complexity index is 196. The van der Waals surface area contributed by atoms with Crippen molar-refractivity contribution >= 4 is 5.78 Å². The van der Waals surface area contributed by atoms with E-state index in [0.717, 1.165) is 13.0 Å². The molecule has 0 saturated carbocycles. The van der Waals surface area contributed by atoms with Crippen LogP contribution in [0, 0.1) is 5.41 Å². The van der Waals surface area contributed by atoms with E-state index in [2.05, 4.69) is 5.32 Å².